The van der Waals surface area contributed by atoms with Crippen LogP contribution in [0.5, 0.6) is 5.75 Å². The SMILES string of the molecule is COc1ccccc1CC(C)(C=O)c1ccccc1F. The molecule has 0 saturated carbocycles. The molecule has 0 heterocycles. The molecule has 0 amide bonds. The van der Waals surface area contributed by atoms with Gasteiger partial charge in [-0.05, 0) is 31.0 Å². The highest BCUT2D eigenvalue weighted by Crippen LogP contribution is 2.31. The van der Waals surface area contributed by atoms with E-state index in [-0.39, 0.29) is 5.82 Å². The molecule has 0 fully saturated rings. The van der Waals surface area contributed by atoms with E-state index in [0.29, 0.717) is 17.7 Å². The molecule has 0 N–H and O–H groups in total. The Balaban J connectivity index is 2.42. The number of benzene rings is 2. The number of para-hydroxylation sites is 1. The molecular weight excluding hydrogens is 255 g/mol. The van der Waals surface area contributed by atoms with Crippen molar-refractivity contribution in [3.63, 3.8) is 0 Å². The van der Waals surface area contributed by atoms with Crippen LogP contribution in [0.25, 0.3) is 0 Å². The quantitative estimate of drug-likeness (QED) is 0.778. The highest BCUT2D eigenvalue weighted by molar-refractivity contribution is 5.69. The summed E-state index contributed by atoms with van der Waals surface area (Å²) in [6, 6.07) is 13.9. The zero-order valence-electron chi connectivity index (χ0n) is 11.6. The zero-order chi connectivity index (χ0) is 14.6. The van der Waals surface area contributed by atoms with Crippen LogP contribution < -0.4 is 4.74 Å². The van der Waals surface area contributed by atoms with Gasteiger partial charge < -0.3 is 9.53 Å². The Morgan fingerprint density at radius 1 is 1.15 bits per heavy atom. The van der Waals surface area contributed by atoms with E-state index in [0.717, 1.165) is 11.8 Å². The van der Waals surface area contributed by atoms with Gasteiger partial charge in [-0.3, -0.25) is 0 Å². The predicted molar refractivity (Wildman–Crippen MR) is 76.5 cm³/mol. The predicted octanol–water partition coefficient (Wildman–Crippen LogP) is 3.53. The van der Waals surface area contributed by atoms with Gasteiger partial charge in [0.1, 0.15) is 17.9 Å². The Morgan fingerprint density at radius 2 is 1.80 bits per heavy atom. The van der Waals surface area contributed by atoms with Crippen LogP contribution in [-0.4, -0.2) is 13.4 Å². The lowest BCUT2D eigenvalue weighted by atomic mass is 9.78. The first kappa shape index (κ1) is 14.3. The van der Waals surface area contributed by atoms with Crippen molar-refractivity contribution in [2.45, 2.75) is 18.8 Å². The van der Waals surface area contributed by atoms with Crippen LogP contribution in [0.4, 0.5) is 4.39 Å². The van der Waals surface area contributed by atoms with Gasteiger partial charge in [0, 0.05) is 5.56 Å². The molecular formula is C17H17FO2. The molecule has 2 aromatic rings. The number of halogens is 1. The summed E-state index contributed by atoms with van der Waals surface area (Å²) in [5.74, 6) is 0.342. The van der Waals surface area contributed by atoms with Crippen molar-refractivity contribution in [2.75, 3.05) is 7.11 Å². The molecule has 2 rings (SSSR count). The van der Waals surface area contributed by atoms with E-state index in [4.69, 9.17) is 4.74 Å². The minimum atomic E-state index is -0.917. The second-order valence-electron chi connectivity index (χ2n) is 5.00. The van der Waals surface area contributed by atoms with Crippen LogP contribution in [0.3, 0.4) is 0 Å². The maximum Gasteiger partial charge on any atom is 0.130 e. The van der Waals surface area contributed by atoms with E-state index in [1.807, 2.05) is 24.3 Å². The van der Waals surface area contributed by atoms with Crippen LogP contribution in [0, 0.1) is 5.82 Å². The maximum absolute atomic E-state index is 14.0. The van der Waals surface area contributed by atoms with Gasteiger partial charge in [-0.15, -0.1) is 0 Å². The summed E-state index contributed by atoms with van der Waals surface area (Å²) in [5, 5.41) is 0. The minimum absolute atomic E-state index is 0.364. The molecule has 2 nitrogen and oxygen atoms in total. The number of rotatable bonds is 5. The first-order valence-electron chi connectivity index (χ1n) is 6.44. The van der Waals surface area contributed by atoms with Crippen molar-refractivity contribution in [1.82, 2.24) is 0 Å². The van der Waals surface area contributed by atoms with Crippen molar-refractivity contribution < 1.29 is 13.9 Å². The summed E-state index contributed by atoms with van der Waals surface area (Å²) < 4.78 is 19.3. The molecule has 104 valence electrons. The summed E-state index contributed by atoms with van der Waals surface area (Å²) in [6.45, 7) is 1.74. The van der Waals surface area contributed by atoms with Crippen molar-refractivity contribution in [3.05, 3.63) is 65.5 Å². The lowest BCUT2D eigenvalue weighted by molar-refractivity contribution is -0.112. The molecule has 0 spiro atoms. The Hall–Kier alpha value is -2.16. The summed E-state index contributed by atoms with van der Waals surface area (Å²) >= 11 is 0. The largest absolute Gasteiger partial charge is 0.496 e. The summed E-state index contributed by atoms with van der Waals surface area (Å²) in [6.07, 6.45) is 1.19. The molecule has 0 radical (unpaired) electrons. The molecule has 1 atom stereocenters. The number of carbonyl (C=O) groups excluding carboxylic acids is 1. The first-order chi connectivity index (χ1) is 9.60. The van der Waals surface area contributed by atoms with Crippen molar-refractivity contribution >= 4 is 6.29 Å². The smallest absolute Gasteiger partial charge is 0.130 e. The van der Waals surface area contributed by atoms with Gasteiger partial charge in [-0.25, -0.2) is 4.39 Å². The molecule has 0 aromatic heterocycles. The van der Waals surface area contributed by atoms with Crippen LogP contribution in [-0.2, 0) is 16.6 Å². The fourth-order valence-corrected chi connectivity index (χ4v) is 2.37. The Kier molecular flexibility index (Phi) is 4.18. The fourth-order valence-electron chi connectivity index (χ4n) is 2.37. The summed E-state index contributed by atoms with van der Waals surface area (Å²) in [4.78, 5) is 11.6. The van der Waals surface area contributed by atoms with Gasteiger partial charge in [-0.2, -0.15) is 0 Å². The van der Waals surface area contributed by atoms with Crippen molar-refractivity contribution in [3.8, 4) is 5.75 Å². The summed E-state index contributed by atoms with van der Waals surface area (Å²) in [5.41, 5.74) is 0.369. The Labute approximate surface area is 118 Å². The van der Waals surface area contributed by atoms with Crippen LogP contribution >= 0.6 is 0 Å². The third kappa shape index (κ3) is 2.72. The van der Waals surface area contributed by atoms with Gasteiger partial charge in [0.25, 0.3) is 0 Å². The molecule has 2 aromatic carbocycles. The van der Waals surface area contributed by atoms with E-state index in [2.05, 4.69) is 0 Å². The first-order valence-corrected chi connectivity index (χ1v) is 6.44. The lowest BCUT2D eigenvalue weighted by Crippen LogP contribution is -2.28. The van der Waals surface area contributed by atoms with Crippen molar-refractivity contribution in [2.24, 2.45) is 0 Å². The number of hydrogen-bond acceptors (Lipinski definition) is 2. The number of methoxy groups -OCH3 is 1. The zero-order valence-corrected chi connectivity index (χ0v) is 11.6. The second-order valence-corrected chi connectivity index (χ2v) is 5.00. The van der Waals surface area contributed by atoms with Gasteiger partial charge in [0.15, 0.2) is 0 Å². The number of hydrogen-bond donors (Lipinski definition) is 0. The third-order valence-corrected chi connectivity index (χ3v) is 3.50. The van der Waals surface area contributed by atoms with Crippen LogP contribution in [0.2, 0.25) is 0 Å². The van der Waals surface area contributed by atoms with Gasteiger partial charge in [-0.1, -0.05) is 36.4 Å². The normalized spacial score (nSPS) is 13.6. The summed E-state index contributed by atoms with van der Waals surface area (Å²) in [7, 11) is 1.58. The number of aldehydes is 1. The minimum Gasteiger partial charge on any atom is -0.496 e. The maximum atomic E-state index is 14.0. The van der Waals surface area contributed by atoms with E-state index >= 15 is 0 Å². The molecule has 0 bridgehead atoms. The van der Waals surface area contributed by atoms with Crippen LogP contribution in [0.1, 0.15) is 18.1 Å². The van der Waals surface area contributed by atoms with E-state index in [1.54, 1.807) is 32.2 Å². The van der Waals surface area contributed by atoms with Gasteiger partial charge in [0.2, 0.25) is 0 Å². The Morgan fingerprint density at radius 3 is 2.45 bits per heavy atom. The number of ether oxygens (including phenoxy) is 1. The average Bonchev–Trinajstić information content (AvgIpc) is 2.48. The fraction of sp³-hybridized carbons (Fsp3) is 0.235. The molecule has 0 aliphatic rings. The molecule has 1 unspecified atom stereocenters. The van der Waals surface area contributed by atoms with E-state index < -0.39 is 5.41 Å². The number of carbonyl (C=O) groups is 1. The van der Waals surface area contributed by atoms with Crippen molar-refractivity contribution in [1.29, 1.82) is 0 Å². The lowest BCUT2D eigenvalue weighted by Gasteiger charge is -2.25. The molecule has 0 aliphatic heterocycles. The van der Waals surface area contributed by atoms with Crippen LogP contribution in [0.15, 0.2) is 48.5 Å². The average molecular weight is 272 g/mol. The third-order valence-electron chi connectivity index (χ3n) is 3.50. The molecule has 0 aliphatic carbocycles. The molecule has 20 heavy (non-hydrogen) atoms. The van der Waals surface area contributed by atoms with E-state index in [9.17, 15) is 9.18 Å². The van der Waals surface area contributed by atoms with Gasteiger partial charge >= 0.3 is 0 Å². The highest BCUT2D eigenvalue weighted by Gasteiger charge is 2.30. The monoisotopic (exact) mass is 272 g/mol. The molecule has 0 saturated heterocycles. The van der Waals surface area contributed by atoms with Gasteiger partial charge in [0.05, 0.1) is 12.5 Å². The highest BCUT2D eigenvalue weighted by atomic mass is 19.1. The Bertz CT molecular complexity index is 609. The standard InChI is InChI=1S/C17H17FO2/c1-17(12-19,14-8-4-5-9-15(14)18)11-13-7-3-6-10-16(13)20-2/h3-10,12H,11H2,1-2H3. The topological polar surface area (TPSA) is 26.3 Å². The second kappa shape index (κ2) is 5.87. The van der Waals surface area contributed by atoms with E-state index in [1.165, 1.54) is 6.07 Å². The molecule has 3 heteroatoms.